The number of sulfone groups is 1. The maximum Gasteiger partial charge on any atom is 0.328 e. The van der Waals surface area contributed by atoms with Crippen molar-refractivity contribution in [3.05, 3.63) is 35.6 Å². The number of ether oxygens (including phenoxy) is 1. The van der Waals surface area contributed by atoms with Gasteiger partial charge in [-0.15, -0.1) is 0 Å². The van der Waals surface area contributed by atoms with Gasteiger partial charge in [-0.25, -0.2) is 12.8 Å². The van der Waals surface area contributed by atoms with E-state index < -0.39 is 38.2 Å². The molecular formula is C15H16FNO4S. The topological polar surface area (TPSA) is 84.2 Å². The van der Waals surface area contributed by atoms with Gasteiger partial charge in [0.05, 0.1) is 12.7 Å². The second kappa shape index (κ2) is 5.69. The van der Waals surface area contributed by atoms with Crippen LogP contribution in [0.3, 0.4) is 0 Å². The number of esters is 1. The third-order valence-corrected chi connectivity index (χ3v) is 6.15. The van der Waals surface area contributed by atoms with E-state index in [-0.39, 0.29) is 12.4 Å². The van der Waals surface area contributed by atoms with Crippen LogP contribution in [-0.4, -0.2) is 32.0 Å². The van der Waals surface area contributed by atoms with Crippen LogP contribution >= 0.6 is 0 Å². The summed E-state index contributed by atoms with van der Waals surface area (Å²) in [6.07, 6.45) is 0. The Balaban J connectivity index is 2.55. The zero-order valence-electron chi connectivity index (χ0n) is 12.2. The van der Waals surface area contributed by atoms with E-state index >= 15 is 0 Å². The summed E-state index contributed by atoms with van der Waals surface area (Å²) in [5, 5.41) is 8.28. The molecule has 0 aromatic heterocycles. The number of hydrogen-bond acceptors (Lipinski definition) is 5. The van der Waals surface area contributed by atoms with Gasteiger partial charge in [-0.3, -0.25) is 4.79 Å². The Labute approximate surface area is 128 Å². The van der Waals surface area contributed by atoms with Crippen molar-refractivity contribution in [3.63, 3.8) is 0 Å². The predicted octanol–water partition coefficient (Wildman–Crippen LogP) is 1.80. The molecule has 0 N–H and O–H groups in total. The molecule has 1 aromatic rings. The summed E-state index contributed by atoms with van der Waals surface area (Å²) in [6.45, 7) is 3.06. The SMILES string of the molecule is CCOC(=O)[C@]1(C#N)[C@H](c2cccc(F)c2)[C@@H]1S(=O)(=O)CC. The van der Waals surface area contributed by atoms with E-state index in [2.05, 4.69) is 0 Å². The zero-order valence-corrected chi connectivity index (χ0v) is 13.1. The van der Waals surface area contributed by atoms with Gasteiger partial charge in [0.15, 0.2) is 15.3 Å². The third-order valence-electron chi connectivity index (χ3n) is 3.93. The van der Waals surface area contributed by atoms with Crippen LogP contribution in [0.15, 0.2) is 24.3 Å². The highest BCUT2D eigenvalue weighted by Crippen LogP contribution is 2.63. The summed E-state index contributed by atoms with van der Waals surface area (Å²) in [7, 11) is -3.66. The largest absolute Gasteiger partial charge is 0.465 e. The van der Waals surface area contributed by atoms with Gasteiger partial charge >= 0.3 is 5.97 Å². The lowest BCUT2D eigenvalue weighted by Gasteiger charge is -2.08. The van der Waals surface area contributed by atoms with Crippen LogP contribution in [0, 0.1) is 22.6 Å². The highest BCUT2D eigenvalue weighted by atomic mass is 32.2. The number of benzene rings is 1. The van der Waals surface area contributed by atoms with Crippen LogP contribution in [0.25, 0.3) is 0 Å². The molecule has 0 saturated heterocycles. The Morgan fingerprint density at radius 2 is 2.14 bits per heavy atom. The van der Waals surface area contributed by atoms with Gasteiger partial charge in [0, 0.05) is 11.7 Å². The molecule has 0 amide bonds. The van der Waals surface area contributed by atoms with Crippen LogP contribution in [0.2, 0.25) is 0 Å². The highest BCUT2D eigenvalue weighted by molar-refractivity contribution is 7.92. The first-order chi connectivity index (χ1) is 10.3. The molecule has 0 spiro atoms. The molecule has 7 heteroatoms. The van der Waals surface area contributed by atoms with Crippen LogP contribution in [-0.2, 0) is 19.4 Å². The molecule has 2 rings (SSSR count). The number of halogens is 1. The van der Waals surface area contributed by atoms with Crippen LogP contribution in [0.5, 0.6) is 0 Å². The second-order valence-electron chi connectivity index (χ2n) is 5.11. The van der Waals surface area contributed by atoms with E-state index in [1.807, 2.05) is 6.07 Å². The maximum atomic E-state index is 13.4. The Morgan fingerprint density at radius 1 is 1.45 bits per heavy atom. The number of carbonyl (C=O) groups excluding carboxylic acids is 1. The predicted molar refractivity (Wildman–Crippen MR) is 77.1 cm³/mol. The van der Waals surface area contributed by atoms with E-state index in [1.54, 1.807) is 6.92 Å². The fourth-order valence-electron chi connectivity index (χ4n) is 2.84. The minimum atomic E-state index is -3.66. The number of carbonyl (C=O) groups is 1. The van der Waals surface area contributed by atoms with Gasteiger partial charge in [-0.1, -0.05) is 19.1 Å². The van der Waals surface area contributed by atoms with Crippen LogP contribution in [0.1, 0.15) is 25.3 Å². The highest BCUT2D eigenvalue weighted by Gasteiger charge is 2.77. The molecule has 0 radical (unpaired) electrons. The van der Waals surface area contributed by atoms with Gasteiger partial charge in [-0.05, 0) is 24.6 Å². The van der Waals surface area contributed by atoms with E-state index in [0.717, 1.165) is 6.07 Å². The number of nitriles is 1. The third kappa shape index (κ3) is 2.37. The Morgan fingerprint density at radius 3 is 2.64 bits per heavy atom. The van der Waals surface area contributed by atoms with Crippen molar-refractivity contribution in [1.29, 1.82) is 5.26 Å². The molecule has 0 unspecified atom stereocenters. The molecule has 5 nitrogen and oxygen atoms in total. The summed E-state index contributed by atoms with van der Waals surface area (Å²) in [6, 6.07) is 7.13. The lowest BCUT2D eigenvalue weighted by molar-refractivity contribution is -0.147. The van der Waals surface area contributed by atoms with E-state index in [4.69, 9.17) is 4.74 Å². The molecule has 1 aliphatic rings. The van der Waals surface area contributed by atoms with Crippen molar-refractivity contribution < 1.29 is 22.3 Å². The summed E-state index contributed by atoms with van der Waals surface area (Å²) < 4.78 is 42.8. The Hall–Kier alpha value is -1.94. The van der Waals surface area contributed by atoms with Crippen LogP contribution in [0.4, 0.5) is 4.39 Å². The Bertz CT molecular complexity index is 740. The molecule has 1 aliphatic carbocycles. The maximum absolute atomic E-state index is 13.4. The minimum Gasteiger partial charge on any atom is -0.465 e. The Kier molecular flexibility index (Phi) is 4.25. The smallest absolute Gasteiger partial charge is 0.328 e. The van der Waals surface area contributed by atoms with Crippen molar-refractivity contribution >= 4 is 15.8 Å². The van der Waals surface area contributed by atoms with Crippen molar-refractivity contribution in [3.8, 4) is 6.07 Å². The van der Waals surface area contributed by atoms with Crippen molar-refractivity contribution in [1.82, 2.24) is 0 Å². The zero-order chi connectivity index (χ0) is 16.5. The molecule has 1 saturated carbocycles. The summed E-state index contributed by atoms with van der Waals surface area (Å²) >= 11 is 0. The van der Waals surface area contributed by atoms with Crippen LogP contribution < -0.4 is 0 Å². The first-order valence-electron chi connectivity index (χ1n) is 6.90. The quantitative estimate of drug-likeness (QED) is 0.771. The van der Waals surface area contributed by atoms with E-state index in [0.29, 0.717) is 5.56 Å². The van der Waals surface area contributed by atoms with Gasteiger partial charge in [0.1, 0.15) is 11.1 Å². The monoisotopic (exact) mass is 325 g/mol. The lowest BCUT2D eigenvalue weighted by atomic mass is 10.0. The molecular weight excluding hydrogens is 309 g/mol. The van der Waals surface area contributed by atoms with Gasteiger partial charge in [0.2, 0.25) is 0 Å². The molecule has 0 aliphatic heterocycles. The molecule has 22 heavy (non-hydrogen) atoms. The molecule has 3 atom stereocenters. The standard InChI is InChI=1S/C15H16FNO4S/c1-3-21-14(18)15(9-17)12(13(15)22(19,20)4-2)10-6-5-7-11(16)8-10/h5-8,12-13H,3-4H2,1-2H3/t12-,13+,15-/m1/s1. The van der Waals surface area contributed by atoms with Gasteiger partial charge < -0.3 is 4.74 Å². The van der Waals surface area contributed by atoms with Crippen molar-refractivity contribution in [2.24, 2.45) is 5.41 Å². The number of rotatable bonds is 5. The normalized spacial score (nSPS) is 27.0. The van der Waals surface area contributed by atoms with Gasteiger partial charge in [-0.2, -0.15) is 5.26 Å². The molecule has 1 aromatic carbocycles. The fraction of sp³-hybridized carbons (Fsp3) is 0.467. The molecule has 118 valence electrons. The number of hydrogen-bond donors (Lipinski definition) is 0. The van der Waals surface area contributed by atoms with E-state index in [9.17, 15) is 22.9 Å². The van der Waals surface area contributed by atoms with E-state index in [1.165, 1.54) is 25.1 Å². The van der Waals surface area contributed by atoms with Crippen molar-refractivity contribution in [2.75, 3.05) is 12.4 Å². The summed E-state index contributed by atoms with van der Waals surface area (Å²) in [4.78, 5) is 12.2. The molecule has 0 bridgehead atoms. The average Bonchev–Trinajstić information content (AvgIpc) is 3.19. The number of nitrogens with zero attached hydrogens (tertiary/aromatic N) is 1. The molecule has 1 fully saturated rings. The first kappa shape index (κ1) is 16.4. The minimum absolute atomic E-state index is 0.0387. The van der Waals surface area contributed by atoms with Crippen molar-refractivity contribution in [2.45, 2.75) is 25.0 Å². The second-order valence-corrected chi connectivity index (χ2v) is 7.52. The fourth-order valence-corrected chi connectivity index (χ4v) is 4.77. The molecule has 0 heterocycles. The first-order valence-corrected chi connectivity index (χ1v) is 8.62. The summed E-state index contributed by atoms with van der Waals surface area (Å²) in [5.74, 6) is -2.52. The average molecular weight is 325 g/mol. The van der Waals surface area contributed by atoms with Gasteiger partial charge in [0.25, 0.3) is 0 Å². The lowest BCUT2D eigenvalue weighted by Crippen LogP contribution is -2.26. The summed E-state index contributed by atoms with van der Waals surface area (Å²) in [5.41, 5.74) is -1.48.